The van der Waals surface area contributed by atoms with Crippen molar-refractivity contribution in [2.24, 2.45) is 0 Å². The van der Waals surface area contributed by atoms with Crippen molar-refractivity contribution in [2.75, 3.05) is 5.32 Å². The minimum Gasteiger partial charge on any atom is -0.305 e. The summed E-state index contributed by atoms with van der Waals surface area (Å²) in [5.74, 6) is 0.391. The predicted molar refractivity (Wildman–Crippen MR) is 82.8 cm³/mol. The van der Waals surface area contributed by atoms with Gasteiger partial charge in [0.15, 0.2) is 5.82 Å². The van der Waals surface area contributed by atoms with Crippen molar-refractivity contribution in [1.82, 2.24) is 10.2 Å². The molecule has 94 valence electrons. The number of aryl methyl sites for hydroxylation is 1. The Balaban J connectivity index is 2.19. The van der Waals surface area contributed by atoms with Gasteiger partial charge in [0.05, 0.1) is 5.56 Å². The molecule has 2 N–H and O–H groups in total. The Kier molecular flexibility index (Phi) is 4.39. The Morgan fingerprint density at radius 2 is 2.28 bits per heavy atom. The van der Waals surface area contributed by atoms with Gasteiger partial charge in [0.25, 0.3) is 5.91 Å². The standard InChI is InChI=1S/C12H11BrIN3O/c1-2-8-6-11(17-16-8)15-12(18)9-5-7(13)3-4-10(9)14/h3-6H,2H2,1H3,(H2,15,16,17,18). The number of amides is 1. The molecule has 0 aliphatic heterocycles. The van der Waals surface area contributed by atoms with Crippen LogP contribution in [0.1, 0.15) is 23.0 Å². The summed E-state index contributed by atoms with van der Waals surface area (Å²) in [5.41, 5.74) is 1.63. The molecular weight excluding hydrogens is 409 g/mol. The molecule has 0 radical (unpaired) electrons. The molecule has 0 unspecified atom stereocenters. The van der Waals surface area contributed by atoms with Crippen molar-refractivity contribution < 1.29 is 4.79 Å². The van der Waals surface area contributed by atoms with Crippen molar-refractivity contribution in [3.63, 3.8) is 0 Å². The number of aromatic amines is 1. The highest BCUT2D eigenvalue weighted by atomic mass is 127. The SMILES string of the molecule is CCc1cc(NC(=O)c2cc(Br)ccc2I)n[nH]1. The lowest BCUT2D eigenvalue weighted by Crippen LogP contribution is -2.13. The van der Waals surface area contributed by atoms with E-state index in [1.54, 1.807) is 6.07 Å². The van der Waals surface area contributed by atoms with Gasteiger partial charge in [-0.25, -0.2) is 0 Å². The van der Waals surface area contributed by atoms with E-state index < -0.39 is 0 Å². The fourth-order valence-electron chi connectivity index (χ4n) is 1.46. The average molecular weight is 420 g/mol. The Labute approximate surface area is 127 Å². The minimum absolute atomic E-state index is 0.158. The molecule has 4 nitrogen and oxygen atoms in total. The highest BCUT2D eigenvalue weighted by Crippen LogP contribution is 2.19. The largest absolute Gasteiger partial charge is 0.305 e. The number of benzene rings is 1. The van der Waals surface area contributed by atoms with Crippen LogP contribution in [-0.4, -0.2) is 16.1 Å². The van der Waals surface area contributed by atoms with Gasteiger partial charge in [0, 0.05) is 19.8 Å². The van der Waals surface area contributed by atoms with Crippen LogP contribution in [0.15, 0.2) is 28.7 Å². The molecule has 1 amide bonds. The van der Waals surface area contributed by atoms with E-state index in [9.17, 15) is 4.79 Å². The molecule has 0 saturated heterocycles. The van der Waals surface area contributed by atoms with Crippen LogP contribution in [-0.2, 0) is 6.42 Å². The number of H-pyrrole nitrogens is 1. The van der Waals surface area contributed by atoms with Crippen LogP contribution < -0.4 is 5.32 Å². The number of halogens is 2. The van der Waals surface area contributed by atoms with E-state index in [1.165, 1.54) is 0 Å². The fourth-order valence-corrected chi connectivity index (χ4v) is 2.40. The molecule has 0 spiro atoms. The van der Waals surface area contributed by atoms with Crippen LogP contribution >= 0.6 is 38.5 Å². The van der Waals surface area contributed by atoms with Gasteiger partial charge in [-0.05, 0) is 47.2 Å². The van der Waals surface area contributed by atoms with E-state index in [0.717, 1.165) is 20.2 Å². The van der Waals surface area contributed by atoms with Gasteiger partial charge in [-0.3, -0.25) is 9.89 Å². The predicted octanol–water partition coefficient (Wildman–Crippen LogP) is 3.59. The molecule has 2 rings (SSSR count). The number of aromatic nitrogens is 2. The molecule has 0 fully saturated rings. The van der Waals surface area contributed by atoms with Crippen LogP contribution in [0.5, 0.6) is 0 Å². The third-order valence-electron chi connectivity index (χ3n) is 2.43. The number of nitrogens with one attached hydrogen (secondary N) is 2. The van der Waals surface area contributed by atoms with E-state index in [2.05, 4.69) is 54.0 Å². The first-order valence-corrected chi connectivity index (χ1v) is 7.28. The Morgan fingerprint density at radius 3 is 2.94 bits per heavy atom. The summed E-state index contributed by atoms with van der Waals surface area (Å²) in [4.78, 5) is 12.1. The smallest absolute Gasteiger partial charge is 0.257 e. The van der Waals surface area contributed by atoms with Crippen LogP contribution in [0.3, 0.4) is 0 Å². The lowest BCUT2D eigenvalue weighted by atomic mass is 10.2. The first kappa shape index (κ1) is 13.5. The van der Waals surface area contributed by atoms with Gasteiger partial charge in [0.1, 0.15) is 0 Å². The quantitative estimate of drug-likeness (QED) is 0.747. The molecule has 0 aliphatic rings. The second-order valence-electron chi connectivity index (χ2n) is 3.71. The van der Waals surface area contributed by atoms with Gasteiger partial charge >= 0.3 is 0 Å². The zero-order valence-electron chi connectivity index (χ0n) is 9.63. The molecule has 0 atom stereocenters. The van der Waals surface area contributed by atoms with E-state index in [4.69, 9.17) is 0 Å². The summed E-state index contributed by atoms with van der Waals surface area (Å²) >= 11 is 5.50. The van der Waals surface area contributed by atoms with E-state index in [1.807, 2.05) is 25.1 Å². The van der Waals surface area contributed by atoms with Crippen LogP contribution in [0.4, 0.5) is 5.82 Å². The molecule has 6 heteroatoms. The summed E-state index contributed by atoms with van der Waals surface area (Å²) in [6.45, 7) is 2.02. The van der Waals surface area contributed by atoms with E-state index in [-0.39, 0.29) is 5.91 Å². The third kappa shape index (κ3) is 3.11. The van der Waals surface area contributed by atoms with Crippen molar-refractivity contribution in [3.8, 4) is 0 Å². The van der Waals surface area contributed by atoms with E-state index >= 15 is 0 Å². The Bertz CT molecular complexity index is 582. The van der Waals surface area contributed by atoms with Gasteiger partial charge in [-0.2, -0.15) is 5.10 Å². The number of rotatable bonds is 3. The molecule has 2 aromatic rings. The number of nitrogens with zero attached hydrogens (tertiary/aromatic N) is 1. The topological polar surface area (TPSA) is 57.8 Å². The van der Waals surface area contributed by atoms with Crippen molar-refractivity contribution in [1.29, 1.82) is 0 Å². The molecule has 1 aromatic heterocycles. The maximum absolute atomic E-state index is 12.1. The normalized spacial score (nSPS) is 10.4. The maximum Gasteiger partial charge on any atom is 0.257 e. The zero-order valence-corrected chi connectivity index (χ0v) is 13.4. The number of anilines is 1. The van der Waals surface area contributed by atoms with E-state index in [0.29, 0.717) is 11.4 Å². The summed E-state index contributed by atoms with van der Waals surface area (Å²) in [6, 6.07) is 7.43. The summed E-state index contributed by atoms with van der Waals surface area (Å²) in [5, 5.41) is 9.67. The summed E-state index contributed by atoms with van der Waals surface area (Å²) in [7, 11) is 0. The first-order valence-electron chi connectivity index (χ1n) is 5.41. The fraction of sp³-hybridized carbons (Fsp3) is 0.167. The van der Waals surface area contributed by atoms with Crippen LogP contribution in [0.2, 0.25) is 0 Å². The molecule has 18 heavy (non-hydrogen) atoms. The van der Waals surface area contributed by atoms with Crippen LogP contribution in [0, 0.1) is 3.57 Å². The Morgan fingerprint density at radius 1 is 1.50 bits per heavy atom. The lowest BCUT2D eigenvalue weighted by molar-refractivity contribution is 0.102. The van der Waals surface area contributed by atoms with Gasteiger partial charge in [-0.1, -0.05) is 22.9 Å². The maximum atomic E-state index is 12.1. The number of carbonyl (C=O) groups is 1. The average Bonchev–Trinajstić information content (AvgIpc) is 2.80. The van der Waals surface area contributed by atoms with Gasteiger partial charge in [-0.15, -0.1) is 0 Å². The summed E-state index contributed by atoms with van der Waals surface area (Å²) in [6.07, 6.45) is 0.858. The molecule has 1 heterocycles. The van der Waals surface area contributed by atoms with Crippen molar-refractivity contribution >= 4 is 50.2 Å². The van der Waals surface area contributed by atoms with Crippen LogP contribution in [0.25, 0.3) is 0 Å². The first-order chi connectivity index (χ1) is 8.60. The second-order valence-corrected chi connectivity index (χ2v) is 5.79. The lowest BCUT2D eigenvalue weighted by Gasteiger charge is -2.04. The molecule has 0 aliphatic carbocycles. The molecular formula is C12H11BrIN3O. The highest BCUT2D eigenvalue weighted by Gasteiger charge is 2.12. The second kappa shape index (κ2) is 5.83. The number of hydrogen-bond donors (Lipinski definition) is 2. The molecule has 0 bridgehead atoms. The number of carbonyl (C=O) groups excluding carboxylic acids is 1. The number of hydrogen-bond acceptors (Lipinski definition) is 2. The zero-order chi connectivity index (χ0) is 13.1. The monoisotopic (exact) mass is 419 g/mol. The summed E-state index contributed by atoms with van der Waals surface area (Å²) < 4.78 is 1.78. The molecule has 0 saturated carbocycles. The molecule has 1 aromatic carbocycles. The Hall–Kier alpha value is -0.890. The van der Waals surface area contributed by atoms with Crippen molar-refractivity contribution in [3.05, 3.63) is 43.6 Å². The highest BCUT2D eigenvalue weighted by molar-refractivity contribution is 14.1. The minimum atomic E-state index is -0.158. The third-order valence-corrected chi connectivity index (χ3v) is 3.86. The van der Waals surface area contributed by atoms with Crippen molar-refractivity contribution in [2.45, 2.75) is 13.3 Å². The van der Waals surface area contributed by atoms with Gasteiger partial charge in [0.2, 0.25) is 0 Å². The van der Waals surface area contributed by atoms with Gasteiger partial charge < -0.3 is 5.32 Å².